The van der Waals surface area contributed by atoms with Crippen molar-refractivity contribution in [3.05, 3.63) is 22.8 Å². The fourth-order valence-corrected chi connectivity index (χ4v) is 2.99. The summed E-state index contributed by atoms with van der Waals surface area (Å²) in [5.74, 6) is 0.754. The molecule has 98 valence electrons. The summed E-state index contributed by atoms with van der Waals surface area (Å²) in [6.07, 6.45) is 5.07. The number of nitrogens with one attached hydrogen (secondary N) is 1. The first-order valence-electron chi connectivity index (χ1n) is 6.33. The standard InChI is InChI=1S/C13H19ClN4/c1-3-9-5-4-8(2)18(9)13-11(14)10(12(15)16)6-7-17-13/h6-9H,3-5H2,1-2H3,(H3,15,16). The molecular formula is C13H19ClN4. The maximum atomic E-state index is 7.54. The summed E-state index contributed by atoms with van der Waals surface area (Å²) in [4.78, 5) is 6.67. The van der Waals surface area contributed by atoms with Gasteiger partial charge in [-0.25, -0.2) is 4.98 Å². The minimum Gasteiger partial charge on any atom is -0.384 e. The molecule has 2 heterocycles. The van der Waals surface area contributed by atoms with Gasteiger partial charge >= 0.3 is 0 Å². The highest BCUT2D eigenvalue weighted by molar-refractivity contribution is 6.36. The third-order valence-electron chi connectivity index (χ3n) is 3.66. The molecule has 4 nitrogen and oxygen atoms in total. The van der Waals surface area contributed by atoms with Crippen LogP contribution in [0.4, 0.5) is 5.82 Å². The SMILES string of the molecule is CCC1CCC(C)N1c1nccc(C(=N)N)c1Cl. The smallest absolute Gasteiger partial charge is 0.148 e. The molecule has 0 aromatic carbocycles. The van der Waals surface area contributed by atoms with Gasteiger partial charge in [0.15, 0.2) is 0 Å². The van der Waals surface area contributed by atoms with Crippen LogP contribution in [0.1, 0.15) is 38.7 Å². The summed E-state index contributed by atoms with van der Waals surface area (Å²) in [5.41, 5.74) is 6.10. The average molecular weight is 267 g/mol. The number of hydrogen-bond acceptors (Lipinski definition) is 3. The van der Waals surface area contributed by atoms with Gasteiger partial charge in [-0.1, -0.05) is 18.5 Å². The Kier molecular flexibility index (Phi) is 3.76. The molecule has 0 aliphatic carbocycles. The van der Waals surface area contributed by atoms with E-state index in [0.29, 0.717) is 22.7 Å². The normalized spacial score (nSPS) is 23.4. The molecule has 18 heavy (non-hydrogen) atoms. The first kappa shape index (κ1) is 13.1. The van der Waals surface area contributed by atoms with E-state index in [1.165, 1.54) is 6.42 Å². The van der Waals surface area contributed by atoms with E-state index in [1.54, 1.807) is 12.3 Å². The van der Waals surface area contributed by atoms with Gasteiger partial charge in [-0.2, -0.15) is 0 Å². The quantitative estimate of drug-likeness (QED) is 0.653. The van der Waals surface area contributed by atoms with Crippen LogP contribution in [0.25, 0.3) is 0 Å². The van der Waals surface area contributed by atoms with Crippen LogP contribution in [0.15, 0.2) is 12.3 Å². The molecule has 2 atom stereocenters. The van der Waals surface area contributed by atoms with Gasteiger partial charge < -0.3 is 10.6 Å². The number of nitrogen functional groups attached to an aromatic ring is 1. The molecule has 0 amide bonds. The van der Waals surface area contributed by atoms with E-state index < -0.39 is 0 Å². The second-order valence-electron chi connectivity index (χ2n) is 4.81. The molecule has 2 rings (SSSR count). The van der Waals surface area contributed by atoms with Crippen LogP contribution < -0.4 is 10.6 Å². The summed E-state index contributed by atoms with van der Waals surface area (Å²) in [6.45, 7) is 4.37. The van der Waals surface area contributed by atoms with Gasteiger partial charge in [-0.15, -0.1) is 0 Å². The van der Waals surface area contributed by atoms with Gasteiger partial charge in [0.2, 0.25) is 0 Å². The topological polar surface area (TPSA) is 66.0 Å². The Balaban J connectivity index is 2.44. The molecule has 5 heteroatoms. The minimum atomic E-state index is -0.0106. The van der Waals surface area contributed by atoms with E-state index >= 15 is 0 Å². The van der Waals surface area contributed by atoms with Crippen molar-refractivity contribution in [2.24, 2.45) is 5.73 Å². The van der Waals surface area contributed by atoms with Gasteiger partial charge in [0.1, 0.15) is 11.7 Å². The third-order valence-corrected chi connectivity index (χ3v) is 4.04. The summed E-state index contributed by atoms with van der Waals surface area (Å²) in [7, 11) is 0. The number of rotatable bonds is 3. The Morgan fingerprint density at radius 1 is 1.61 bits per heavy atom. The van der Waals surface area contributed by atoms with Crippen molar-refractivity contribution in [3.8, 4) is 0 Å². The summed E-state index contributed by atoms with van der Waals surface area (Å²) < 4.78 is 0. The molecule has 1 saturated heterocycles. The van der Waals surface area contributed by atoms with Gasteiger partial charge in [0.25, 0.3) is 0 Å². The number of anilines is 1. The fraction of sp³-hybridized carbons (Fsp3) is 0.538. The van der Waals surface area contributed by atoms with E-state index in [0.717, 1.165) is 18.7 Å². The molecule has 3 N–H and O–H groups in total. The van der Waals surface area contributed by atoms with Crippen LogP contribution in [0.5, 0.6) is 0 Å². The number of aromatic nitrogens is 1. The predicted molar refractivity (Wildman–Crippen MR) is 75.5 cm³/mol. The number of nitrogens with two attached hydrogens (primary N) is 1. The third kappa shape index (κ3) is 2.17. The largest absolute Gasteiger partial charge is 0.384 e. The van der Waals surface area contributed by atoms with E-state index in [9.17, 15) is 0 Å². The van der Waals surface area contributed by atoms with Crippen LogP contribution in [-0.4, -0.2) is 22.9 Å². The minimum absolute atomic E-state index is 0.0106. The molecular weight excluding hydrogens is 248 g/mol. The van der Waals surface area contributed by atoms with Crippen molar-refractivity contribution in [2.45, 2.75) is 45.2 Å². The molecule has 1 fully saturated rings. The highest BCUT2D eigenvalue weighted by Crippen LogP contribution is 2.36. The summed E-state index contributed by atoms with van der Waals surface area (Å²) in [6, 6.07) is 2.60. The van der Waals surface area contributed by atoms with Gasteiger partial charge in [0.05, 0.1) is 5.02 Å². The second-order valence-corrected chi connectivity index (χ2v) is 5.18. The Morgan fingerprint density at radius 3 is 2.94 bits per heavy atom. The fourth-order valence-electron chi connectivity index (χ4n) is 2.67. The lowest BCUT2D eigenvalue weighted by Crippen LogP contribution is -2.35. The molecule has 1 aliphatic heterocycles. The Bertz CT molecular complexity index is 460. The van der Waals surface area contributed by atoms with Crippen molar-refractivity contribution < 1.29 is 0 Å². The van der Waals surface area contributed by atoms with Crippen LogP contribution in [0.3, 0.4) is 0 Å². The molecule has 1 aromatic rings. The van der Waals surface area contributed by atoms with Crippen LogP contribution in [0.2, 0.25) is 5.02 Å². The molecule has 0 saturated carbocycles. The van der Waals surface area contributed by atoms with Crippen molar-refractivity contribution in [1.29, 1.82) is 5.41 Å². The van der Waals surface area contributed by atoms with E-state index in [1.807, 2.05) is 0 Å². The number of nitrogens with zero attached hydrogens (tertiary/aromatic N) is 2. The maximum absolute atomic E-state index is 7.54. The number of amidine groups is 1. The zero-order chi connectivity index (χ0) is 13.3. The molecule has 2 unspecified atom stereocenters. The van der Waals surface area contributed by atoms with Gasteiger partial charge in [-0.05, 0) is 32.3 Å². The monoisotopic (exact) mass is 266 g/mol. The van der Waals surface area contributed by atoms with Crippen molar-refractivity contribution in [2.75, 3.05) is 4.90 Å². The van der Waals surface area contributed by atoms with Crippen LogP contribution >= 0.6 is 11.6 Å². The lowest BCUT2D eigenvalue weighted by atomic mass is 10.1. The van der Waals surface area contributed by atoms with Gasteiger partial charge in [0, 0.05) is 23.8 Å². The second kappa shape index (κ2) is 5.14. The van der Waals surface area contributed by atoms with Crippen LogP contribution in [-0.2, 0) is 0 Å². The lowest BCUT2D eigenvalue weighted by molar-refractivity contribution is 0.621. The van der Waals surface area contributed by atoms with Crippen LogP contribution in [0, 0.1) is 5.41 Å². The highest BCUT2D eigenvalue weighted by atomic mass is 35.5. The zero-order valence-electron chi connectivity index (χ0n) is 10.8. The molecule has 0 spiro atoms. The first-order valence-corrected chi connectivity index (χ1v) is 6.71. The molecule has 0 radical (unpaired) electrons. The van der Waals surface area contributed by atoms with E-state index in [4.69, 9.17) is 22.7 Å². The zero-order valence-corrected chi connectivity index (χ0v) is 11.5. The Morgan fingerprint density at radius 2 is 2.33 bits per heavy atom. The maximum Gasteiger partial charge on any atom is 0.148 e. The average Bonchev–Trinajstić information content (AvgIpc) is 2.70. The Hall–Kier alpha value is -1.29. The molecule has 1 aromatic heterocycles. The number of pyridine rings is 1. The molecule has 1 aliphatic rings. The lowest BCUT2D eigenvalue weighted by Gasteiger charge is -2.30. The number of hydrogen-bond donors (Lipinski definition) is 2. The summed E-state index contributed by atoms with van der Waals surface area (Å²) >= 11 is 6.35. The van der Waals surface area contributed by atoms with Crippen molar-refractivity contribution in [3.63, 3.8) is 0 Å². The number of halogens is 1. The highest BCUT2D eigenvalue weighted by Gasteiger charge is 2.32. The van der Waals surface area contributed by atoms with Crippen molar-refractivity contribution >= 4 is 23.3 Å². The predicted octanol–water partition coefficient (Wildman–Crippen LogP) is 2.79. The van der Waals surface area contributed by atoms with E-state index in [-0.39, 0.29) is 5.84 Å². The van der Waals surface area contributed by atoms with Crippen molar-refractivity contribution in [1.82, 2.24) is 4.98 Å². The Labute approximate surface area is 113 Å². The summed E-state index contributed by atoms with van der Waals surface area (Å²) in [5, 5.41) is 8.03. The first-order chi connectivity index (χ1) is 8.56. The van der Waals surface area contributed by atoms with E-state index in [2.05, 4.69) is 23.7 Å². The molecule has 0 bridgehead atoms. The van der Waals surface area contributed by atoms with Gasteiger partial charge in [-0.3, -0.25) is 5.41 Å².